The van der Waals surface area contributed by atoms with Gasteiger partial charge in [-0.3, -0.25) is 0 Å². The van der Waals surface area contributed by atoms with Gasteiger partial charge < -0.3 is 5.73 Å². The monoisotopic (exact) mass is 307 g/mol. The summed E-state index contributed by atoms with van der Waals surface area (Å²) in [5.41, 5.74) is 6.57. The third-order valence-electron chi connectivity index (χ3n) is 2.96. The van der Waals surface area contributed by atoms with Crippen molar-refractivity contribution in [2.75, 3.05) is 0 Å². The van der Waals surface area contributed by atoms with E-state index in [0.29, 0.717) is 15.1 Å². The van der Waals surface area contributed by atoms with E-state index in [1.165, 1.54) is 6.07 Å². The Bertz CT molecular complexity index is 366. The van der Waals surface area contributed by atoms with Crippen LogP contribution in [-0.4, -0.2) is 0 Å². The van der Waals surface area contributed by atoms with Gasteiger partial charge in [-0.15, -0.1) is 0 Å². The van der Waals surface area contributed by atoms with Crippen LogP contribution in [0.25, 0.3) is 0 Å². The van der Waals surface area contributed by atoms with Crippen molar-refractivity contribution in [3.05, 3.63) is 33.0 Å². The number of hydrogen-bond donors (Lipinski definition) is 1. The average molecular weight is 309 g/mol. The van der Waals surface area contributed by atoms with Crippen LogP contribution in [0.15, 0.2) is 16.6 Å². The maximum atomic E-state index is 13.7. The fourth-order valence-corrected chi connectivity index (χ4v) is 2.33. The minimum atomic E-state index is -0.296. The molecule has 0 aliphatic rings. The summed E-state index contributed by atoms with van der Waals surface area (Å²) in [5.74, 6) is -0.0117. The highest BCUT2D eigenvalue weighted by molar-refractivity contribution is 9.10. The lowest BCUT2D eigenvalue weighted by Gasteiger charge is -2.22. The Labute approximate surface area is 109 Å². The molecule has 0 bridgehead atoms. The fraction of sp³-hybridized carbons (Fsp3) is 0.500. The lowest BCUT2D eigenvalue weighted by molar-refractivity contribution is 0.394. The van der Waals surface area contributed by atoms with Crippen molar-refractivity contribution in [2.45, 2.75) is 32.7 Å². The van der Waals surface area contributed by atoms with Gasteiger partial charge in [0.15, 0.2) is 0 Å². The molecule has 0 aliphatic heterocycles. The molecule has 0 radical (unpaired) electrons. The zero-order valence-corrected chi connectivity index (χ0v) is 11.8. The standard InChI is InChI=1S/C12H16BrClFN/c1-3-7(4-2)12(16)8-5-10(14)9(13)6-11(8)15/h5-7,12H,3-4,16H2,1-2H3. The Morgan fingerprint density at radius 2 is 1.94 bits per heavy atom. The van der Waals surface area contributed by atoms with Crippen LogP contribution in [0.2, 0.25) is 5.02 Å². The van der Waals surface area contributed by atoms with Crippen LogP contribution in [0.3, 0.4) is 0 Å². The second-order valence-corrected chi connectivity index (χ2v) is 5.15. The van der Waals surface area contributed by atoms with E-state index in [0.717, 1.165) is 12.8 Å². The summed E-state index contributed by atoms with van der Waals surface area (Å²) in [6.07, 6.45) is 1.87. The highest BCUT2D eigenvalue weighted by Gasteiger charge is 2.20. The topological polar surface area (TPSA) is 26.0 Å². The second kappa shape index (κ2) is 5.99. The van der Waals surface area contributed by atoms with Crippen LogP contribution in [0.1, 0.15) is 38.3 Å². The van der Waals surface area contributed by atoms with Crippen molar-refractivity contribution in [3.63, 3.8) is 0 Å². The van der Waals surface area contributed by atoms with Crippen molar-refractivity contribution in [1.29, 1.82) is 0 Å². The number of benzene rings is 1. The smallest absolute Gasteiger partial charge is 0.129 e. The molecular weight excluding hydrogens is 292 g/mol. The van der Waals surface area contributed by atoms with E-state index < -0.39 is 0 Å². The van der Waals surface area contributed by atoms with E-state index in [2.05, 4.69) is 29.8 Å². The molecule has 16 heavy (non-hydrogen) atoms. The van der Waals surface area contributed by atoms with E-state index in [9.17, 15) is 4.39 Å². The van der Waals surface area contributed by atoms with Gasteiger partial charge in [0.05, 0.1) is 5.02 Å². The van der Waals surface area contributed by atoms with Crippen molar-refractivity contribution in [1.82, 2.24) is 0 Å². The first-order valence-corrected chi connectivity index (χ1v) is 6.58. The number of nitrogens with two attached hydrogens (primary N) is 1. The minimum absolute atomic E-state index is 0.284. The highest BCUT2D eigenvalue weighted by Crippen LogP contribution is 2.32. The highest BCUT2D eigenvalue weighted by atomic mass is 79.9. The average Bonchev–Trinajstić information content (AvgIpc) is 2.25. The molecule has 1 rings (SSSR count). The lowest BCUT2D eigenvalue weighted by Crippen LogP contribution is -2.21. The Kier molecular flexibility index (Phi) is 5.22. The van der Waals surface area contributed by atoms with Gasteiger partial charge in [0.25, 0.3) is 0 Å². The van der Waals surface area contributed by atoms with Crippen LogP contribution in [-0.2, 0) is 0 Å². The van der Waals surface area contributed by atoms with Crippen LogP contribution >= 0.6 is 27.5 Å². The Hall–Kier alpha value is -0.120. The molecule has 4 heteroatoms. The van der Waals surface area contributed by atoms with Gasteiger partial charge in [-0.25, -0.2) is 4.39 Å². The molecule has 1 atom stereocenters. The van der Waals surface area contributed by atoms with Crippen molar-refractivity contribution in [2.24, 2.45) is 11.7 Å². The molecule has 1 unspecified atom stereocenters. The Balaban J connectivity index is 3.07. The molecular formula is C12H16BrClFN. The molecule has 0 saturated carbocycles. The van der Waals surface area contributed by atoms with Gasteiger partial charge >= 0.3 is 0 Å². The quantitative estimate of drug-likeness (QED) is 0.803. The zero-order valence-electron chi connectivity index (χ0n) is 9.43. The Morgan fingerprint density at radius 3 is 2.44 bits per heavy atom. The zero-order chi connectivity index (χ0) is 12.3. The number of hydrogen-bond acceptors (Lipinski definition) is 1. The first-order valence-electron chi connectivity index (χ1n) is 5.41. The molecule has 1 aromatic carbocycles. The first-order chi connectivity index (χ1) is 7.51. The van der Waals surface area contributed by atoms with Gasteiger partial charge in [-0.2, -0.15) is 0 Å². The molecule has 90 valence electrons. The lowest BCUT2D eigenvalue weighted by atomic mass is 9.89. The van der Waals surface area contributed by atoms with Crippen molar-refractivity contribution < 1.29 is 4.39 Å². The van der Waals surface area contributed by atoms with Crippen LogP contribution < -0.4 is 5.73 Å². The fourth-order valence-electron chi connectivity index (χ4n) is 1.84. The van der Waals surface area contributed by atoms with Gasteiger partial charge in [-0.1, -0.05) is 38.3 Å². The van der Waals surface area contributed by atoms with Crippen LogP contribution in [0.4, 0.5) is 4.39 Å². The summed E-state index contributed by atoms with van der Waals surface area (Å²) in [7, 11) is 0. The summed E-state index contributed by atoms with van der Waals surface area (Å²) in [6.45, 7) is 4.12. The van der Waals surface area contributed by atoms with Crippen molar-refractivity contribution >= 4 is 27.5 Å². The van der Waals surface area contributed by atoms with Crippen LogP contribution in [0.5, 0.6) is 0 Å². The molecule has 1 nitrogen and oxygen atoms in total. The van der Waals surface area contributed by atoms with Gasteiger partial charge in [0.1, 0.15) is 5.82 Å². The summed E-state index contributed by atoms with van der Waals surface area (Å²) in [5, 5.41) is 0.498. The van der Waals surface area contributed by atoms with Gasteiger partial charge in [0, 0.05) is 16.1 Å². The molecule has 2 N–H and O–H groups in total. The number of halogens is 3. The molecule has 1 aromatic rings. The summed E-state index contributed by atoms with van der Waals surface area (Å²) >= 11 is 9.14. The molecule has 0 amide bonds. The predicted octanol–water partition coefficient (Wildman–Crippen LogP) is 4.68. The van der Waals surface area contributed by atoms with Gasteiger partial charge in [0.2, 0.25) is 0 Å². The van der Waals surface area contributed by atoms with E-state index in [1.807, 2.05) is 0 Å². The largest absolute Gasteiger partial charge is 0.324 e. The molecule has 0 saturated heterocycles. The second-order valence-electron chi connectivity index (χ2n) is 3.89. The van der Waals surface area contributed by atoms with E-state index >= 15 is 0 Å². The third-order valence-corrected chi connectivity index (χ3v) is 4.15. The molecule has 0 fully saturated rings. The third kappa shape index (κ3) is 2.96. The predicted molar refractivity (Wildman–Crippen MR) is 70.1 cm³/mol. The maximum absolute atomic E-state index is 13.7. The minimum Gasteiger partial charge on any atom is -0.324 e. The SMILES string of the molecule is CCC(CC)C(N)c1cc(Cl)c(Br)cc1F. The first kappa shape index (κ1) is 13.9. The van der Waals surface area contributed by atoms with E-state index in [4.69, 9.17) is 17.3 Å². The molecule has 0 aliphatic carbocycles. The Morgan fingerprint density at radius 1 is 1.38 bits per heavy atom. The maximum Gasteiger partial charge on any atom is 0.129 e. The van der Waals surface area contributed by atoms with Crippen molar-refractivity contribution in [3.8, 4) is 0 Å². The van der Waals surface area contributed by atoms with E-state index in [1.54, 1.807) is 6.07 Å². The van der Waals surface area contributed by atoms with Crippen LogP contribution in [0, 0.1) is 11.7 Å². The number of rotatable bonds is 4. The summed E-state index contributed by atoms with van der Waals surface area (Å²) in [6, 6.07) is 2.70. The summed E-state index contributed by atoms with van der Waals surface area (Å²) in [4.78, 5) is 0. The molecule has 0 heterocycles. The normalized spacial score (nSPS) is 13.2. The van der Waals surface area contributed by atoms with Gasteiger partial charge in [-0.05, 0) is 34.0 Å². The molecule has 0 aromatic heterocycles. The summed E-state index contributed by atoms with van der Waals surface area (Å²) < 4.78 is 14.3. The molecule has 0 spiro atoms. The van der Waals surface area contributed by atoms with E-state index in [-0.39, 0.29) is 17.8 Å².